The van der Waals surface area contributed by atoms with Crippen molar-refractivity contribution in [3.63, 3.8) is 0 Å². The molecular weight excluding hydrogens is 212 g/mol. The highest BCUT2D eigenvalue weighted by Gasteiger charge is 2.45. The van der Waals surface area contributed by atoms with Crippen molar-refractivity contribution in [3.05, 3.63) is 15.8 Å². The summed E-state index contributed by atoms with van der Waals surface area (Å²) in [7, 11) is 1.80. The van der Waals surface area contributed by atoms with Gasteiger partial charge in [-0.1, -0.05) is 0 Å². The van der Waals surface area contributed by atoms with Gasteiger partial charge in [0.2, 0.25) is 0 Å². The molecule has 1 aliphatic rings. The Morgan fingerprint density at radius 1 is 1.57 bits per heavy atom. The SMILES string of the molecule is COCC1(c2cc(SC)c(C)s2)CC1. The minimum absolute atomic E-state index is 0.387. The van der Waals surface area contributed by atoms with Crippen molar-refractivity contribution < 1.29 is 4.74 Å². The maximum Gasteiger partial charge on any atom is 0.0567 e. The van der Waals surface area contributed by atoms with Gasteiger partial charge in [0.15, 0.2) is 0 Å². The Labute approximate surface area is 93.9 Å². The van der Waals surface area contributed by atoms with Crippen LogP contribution in [-0.2, 0) is 10.2 Å². The zero-order valence-electron chi connectivity index (χ0n) is 8.92. The number of thiophene rings is 1. The molecule has 0 aromatic carbocycles. The normalized spacial score (nSPS) is 18.5. The van der Waals surface area contributed by atoms with Crippen molar-refractivity contribution >= 4 is 23.1 Å². The lowest BCUT2D eigenvalue weighted by molar-refractivity contribution is 0.172. The zero-order valence-corrected chi connectivity index (χ0v) is 10.6. The van der Waals surface area contributed by atoms with Gasteiger partial charge in [-0.2, -0.15) is 0 Å². The van der Waals surface area contributed by atoms with Crippen LogP contribution in [0.2, 0.25) is 0 Å². The van der Waals surface area contributed by atoms with Gasteiger partial charge in [0.25, 0.3) is 0 Å². The summed E-state index contributed by atoms with van der Waals surface area (Å²) in [6.45, 7) is 3.10. The predicted molar refractivity (Wildman–Crippen MR) is 63.6 cm³/mol. The van der Waals surface area contributed by atoms with Crippen LogP contribution in [0, 0.1) is 6.92 Å². The quantitative estimate of drug-likeness (QED) is 0.730. The first-order valence-corrected chi connectivity index (χ1v) is 6.90. The van der Waals surface area contributed by atoms with Crippen LogP contribution in [0.4, 0.5) is 0 Å². The van der Waals surface area contributed by atoms with E-state index in [2.05, 4.69) is 19.2 Å². The molecule has 3 heteroatoms. The van der Waals surface area contributed by atoms with Gasteiger partial charge in [-0.15, -0.1) is 23.1 Å². The van der Waals surface area contributed by atoms with E-state index >= 15 is 0 Å². The van der Waals surface area contributed by atoms with Gasteiger partial charge in [-0.05, 0) is 32.1 Å². The van der Waals surface area contributed by atoms with Gasteiger partial charge in [-0.25, -0.2) is 0 Å². The molecule has 0 aliphatic heterocycles. The molecule has 1 fully saturated rings. The van der Waals surface area contributed by atoms with Gasteiger partial charge < -0.3 is 4.74 Å². The van der Waals surface area contributed by atoms with E-state index in [-0.39, 0.29) is 0 Å². The van der Waals surface area contributed by atoms with Crippen LogP contribution in [0.3, 0.4) is 0 Å². The first kappa shape index (κ1) is 10.5. The van der Waals surface area contributed by atoms with Gasteiger partial charge in [0.1, 0.15) is 0 Å². The topological polar surface area (TPSA) is 9.23 Å². The highest BCUT2D eigenvalue weighted by atomic mass is 32.2. The molecule has 0 saturated heterocycles. The van der Waals surface area contributed by atoms with E-state index in [0.29, 0.717) is 5.41 Å². The van der Waals surface area contributed by atoms with Crippen LogP contribution in [0.15, 0.2) is 11.0 Å². The third kappa shape index (κ3) is 1.73. The third-order valence-electron chi connectivity index (χ3n) is 2.89. The summed E-state index contributed by atoms with van der Waals surface area (Å²) in [5.74, 6) is 0. The fourth-order valence-corrected chi connectivity index (χ4v) is 3.94. The minimum Gasteiger partial charge on any atom is -0.384 e. The second-order valence-corrected chi connectivity index (χ2v) is 6.05. The molecule has 1 aromatic heterocycles. The number of rotatable bonds is 4. The third-order valence-corrected chi connectivity index (χ3v) is 5.18. The molecular formula is C11H16OS2. The lowest BCUT2D eigenvalue weighted by atomic mass is 10.1. The van der Waals surface area contributed by atoms with E-state index in [9.17, 15) is 0 Å². The van der Waals surface area contributed by atoms with Crippen LogP contribution >= 0.6 is 23.1 Å². The van der Waals surface area contributed by atoms with E-state index in [1.807, 2.05) is 23.1 Å². The molecule has 0 amide bonds. The largest absolute Gasteiger partial charge is 0.384 e. The number of hydrogen-bond donors (Lipinski definition) is 0. The van der Waals surface area contributed by atoms with Crippen molar-refractivity contribution in [2.45, 2.75) is 30.1 Å². The maximum atomic E-state index is 5.31. The Kier molecular flexibility index (Phi) is 2.91. The Hall–Kier alpha value is 0.01000. The first-order chi connectivity index (χ1) is 6.72. The Balaban J connectivity index is 2.24. The summed E-state index contributed by atoms with van der Waals surface area (Å²) in [5.41, 5.74) is 0.387. The summed E-state index contributed by atoms with van der Waals surface area (Å²) in [6.07, 6.45) is 4.75. The smallest absolute Gasteiger partial charge is 0.0567 e. The van der Waals surface area contributed by atoms with E-state index in [0.717, 1.165) is 6.61 Å². The molecule has 14 heavy (non-hydrogen) atoms. The summed E-state index contributed by atoms with van der Waals surface area (Å²) < 4.78 is 5.31. The van der Waals surface area contributed by atoms with Crippen LogP contribution in [0.5, 0.6) is 0 Å². The molecule has 0 N–H and O–H groups in total. The monoisotopic (exact) mass is 228 g/mol. The first-order valence-electron chi connectivity index (χ1n) is 4.86. The number of hydrogen-bond acceptors (Lipinski definition) is 3. The standard InChI is InChI=1S/C11H16OS2/c1-8-9(13-3)6-10(14-8)11(4-5-11)7-12-2/h6H,4-5,7H2,1-3H3. The molecule has 1 aromatic rings. The van der Waals surface area contributed by atoms with Gasteiger partial charge in [0.05, 0.1) is 6.61 Å². The summed E-state index contributed by atoms with van der Waals surface area (Å²) in [5, 5.41) is 0. The van der Waals surface area contributed by atoms with E-state index in [1.165, 1.54) is 27.5 Å². The lowest BCUT2D eigenvalue weighted by Crippen LogP contribution is -2.11. The summed E-state index contributed by atoms with van der Waals surface area (Å²) >= 11 is 3.80. The van der Waals surface area contributed by atoms with E-state index in [1.54, 1.807) is 7.11 Å². The van der Waals surface area contributed by atoms with Crippen molar-refractivity contribution in [2.24, 2.45) is 0 Å². The molecule has 78 valence electrons. The summed E-state index contributed by atoms with van der Waals surface area (Å²) in [6, 6.07) is 2.36. The average Bonchev–Trinajstić information content (AvgIpc) is 2.84. The molecule has 0 radical (unpaired) electrons. The van der Waals surface area contributed by atoms with Crippen molar-refractivity contribution in [2.75, 3.05) is 20.0 Å². The number of thioether (sulfide) groups is 1. The fourth-order valence-electron chi connectivity index (χ4n) is 1.82. The van der Waals surface area contributed by atoms with Crippen LogP contribution in [0.25, 0.3) is 0 Å². The molecule has 0 unspecified atom stereocenters. The van der Waals surface area contributed by atoms with E-state index < -0.39 is 0 Å². The molecule has 1 nitrogen and oxygen atoms in total. The molecule has 1 aliphatic carbocycles. The number of aryl methyl sites for hydroxylation is 1. The van der Waals surface area contributed by atoms with Crippen LogP contribution < -0.4 is 0 Å². The zero-order chi connectivity index (χ0) is 10.2. The van der Waals surface area contributed by atoms with Crippen LogP contribution in [0.1, 0.15) is 22.6 Å². The lowest BCUT2D eigenvalue weighted by Gasteiger charge is -2.10. The predicted octanol–water partition coefficient (Wildman–Crippen LogP) is 3.46. The van der Waals surface area contributed by atoms with Crippen LogP contribution in [-0.4, -0.2) is 20.0 Å². The highest BCUT2D eigenvalue weighted by molar-refractivity contribution is 7.98. The second kappa shape index (κ2) is 3.87. The number of ether oxygens (including phenoxy) is 1. The minimum atomic E-state index is 0.387. The summed E-state index contributed by atoms with van der Waals surface area (Å²) in [4.78, 5) is 4.42. The van der Waals surface area contributed by atoms with Crippen molar-refractivity contribution in [1.82, 2.24) is 0 Å². The van der Waals surface area contributed by atoms with E-state index in [4.69, 9.17) is 4.74 Å². The van der Waals surface area contributed by atoms with Crippen molar-refractivity contribution in [3.8, 4) is 0 Å². The maximum absolute atomic E-state index is 5.31. The number of methoxy groups -OCH3 is 1. The molecule has 0 atom stereocenters. The van der Waals surface area contributed by atoms with Gasteiger partial charge in [-0.3, -0.25) is 0 Å². The fraction of sp³-hybridized carbons (Fsp3) is 0.636. The Morgan fingerprint density at radius 3 is 2.71 bits per heavy atom. The Morgan fingerprint density at radius 2 is 2.29 bits per heavy atom. The molecule has 0 spiro atoms. The molecule has 1 heterocycles. The average molecular weight is 228 g/mol. The molecule has 2 rings (SSSR count). The second-order valence-electron chi connectivity index (χ2n) is 3.95. The highest BCUT2D eigenvalue weighted by Crippen LogP contribution is 2.52. The Bertz CT molecular complexity index is 326. The molecule has 0 bridgehead atoms. The van der Waals surface area contributed by atoms with Gasteiger partial charge in [0, 0.05) is 27.2 Å². The van der Waals surface area contributed by atoms with Crippen molar-refractivity contribution in [1.29, 1.82) is 0 Å². The molecule has 1 saturated carbocycles. The van der Waals surface area contributed by atoms with Gasteiger partial charge >= 0.3 is 0 Å².